The summed E-state index contributed by atoms with van der Waals surface area (Å²) >= 11 is 0. The molecule has 0 aliphatic carbocycles. The molecule has 0 unspecified atom stereocenters. The summed E-state index contributed by atoms with van der Waals surface area (Å²) in [4.78, 5) is 4.43. The van der Waals surface area contributed by atoms with Crippen molar-refractivity contribution < 1.29 is 18.0 Å². The van der Waals surface area contributed by atoms with Gasteiger partial charge >= 0.3 is 6.18 Å². The molecule has 1 rings (SSSR count). The van der Waals surface area contributed by atoms with Crippen molar-refractivity contribution in [1.82, 2.24) is 0 Å². The maximum Gasteiger partial charge on any atom is 0.416 e. The molecule has 0 aliphatic heterocycles. The van der Waals surface area contributed by atoms with Gasteiger partial charge in [-0.3, -0.25) is 0 Å². The van der Waals surface area contributed by atoms with Gasteiger partial charge in [-0.1, -0.05) is 17.3 Å². The van der Waals surface area contributed by atoms with Crippen LogP contribution in [0.15, 0.2) is 29.4 Å². The van der Waals surface area contributed by atoms with E-state index < -0.39 is 11.7 Å². The molecular weight excluding hydrogens is 207 g/mol. The van der Waals surface area contributed by atoms with E-state index in [0.29, 0.717) is 6.42 Å². The van der Waals surface area contributed by atoms with Crippen LogP contribution < -0.4 is 0 Å². The summed E-state index contributed by atoms with van der Waals surface area (Å²) in [5, 5.41) is 3.49. The van der Waals surface area contributed by atoms with Gasteiger partial charge in [0.2, 0.25) is 0 Å². The molecule has 1 aromatic rings. The van der Waals surface area contributed by atoms with Crippen LogP contribution in [0.25, 0.3) is 0 Å². The molecule has 0 heterocycles. The first kappa shape index (κ1) is 11.6. The Kier molecular flexibility index (Phi) is 3.71. The molecule has 0 fully saturated rings. The van der Waals surface area contributed by atoms with Crippen LogP contribution in [-0.2, 0) is 17.4 Å². The zero-order valence-electron chi connectivity index (χ0n) is 8.08. The van der Waals surface area contributed by atoms with Crippen molar-refractivity contribution in [3.8, 4) is 0 Å². The molecule has 0 amide bonds. The van der Waals surface area contributed by atoms with Crippen molar-refractivity contribution in [2.75, 3.05) is 7.11 Å². The molecule has 0 aromatic heterocycles. The maximum atomic E-state index is 12.2. The normalized spacial score (nSPS) is 12.0. The van der Waals surface area contributed by atoms with Crippen LogP contribution in [0.2, 0.25) is 0 Å². The third kappa shape index (κ3) is 3.61. The minimum Gasteiger partial charge on any atom is -0.399 e. The second kappa shape index (κ2) is 4.82. The van der Waals surface area contributed by atoms with E-state index in [1.807, 2.05) is 0 Å². The predicted molar refractivity (Wildman–Crippen MR) is 50.6 cm³/mol. The molecule has 0 bridgehead atoms. The predicted octanol–water partition coefficient (Wildman–Crippen LogP) is 2.88. The van der Waals surface area contributed by atoms with Gasteiger partial charge in [0.15, 0.2) is 0 Å². The SMILES string of the molecule is CON=CCc1ccc(C(F)(F)F)cc1. The summed E-state index contributed by atoms with van der Waals surface area (Å²) in [6.07, 6.45) is -2.34. The van der Waals surface area contributed by atoms with Crippen LogP contribution >= 0.6 is 0 Å². The quantitative estimate of drug-likeness (QED) is 0.563. The molecular formula is C10H10F3NO. The largest absolute Gasteiger partial charge is 0.416 e. The number of halogens is 3. The highest BCUT2D eigenvalue weighted by Crippen LogP contribution is 2.28. The van der Waals surface area contributed by atoms with Crippen LogP contribution in [0.4, 0.5) is 13.2 Å². The van der Waals surface area contributed by atoms with Crippen LogP contribution in [0.5, 0.6) is 0 Å². The molecule has 0 spiro atoms. The molecule has 0 N–H and O–H groups in total. The average Bonchev–Trinajstić information content (AvgIpc) is 2.18. The maximum absolute atomic E-state index is 12.2. The number of hydrogen-bond acceptors (Lipinski definition) is 2. The van der Waals surface area contributed by atoms with Crippen LogP contribution in [-0.4, -0.2) is 13.3 Å². The van der Waals surface area contributed by atoms with E-state index in [2.05, 4.69) is 9.99 Å². The Bertz CT molecular complexity index is 330. The van der Waals surface area contributed by atoms with E-state index in [9.17, 15) is 13.2 Å². The van der Waals surface area contributed by atoms with E-state index in [0.717, 1.165) is 17.7 Å². The van der Waals surface area contributed by atoms with Crippen LogP contribution in [0.3, 0.4) is 0 Å². The molecule has 0 aliphatic rings. The van der Waals surface area contributed by atoms with Crippen molar-refractivity contribution in [1.29, 1.82) is 0 Å². The lowest BCUT2D eigenvalue weighted by molar-refractivity contribution is -0.137. The lowest BCUT2D eigenvalue weighted by Gasteiger charge is -2.06. The molecule has 0 radical (unpaired) electrons. The first-order valence-corrected chi connectivity index (χ1v) is 4.25. The monoisotopic (exact) mass is 217 g/mol. The van der Waals surface area contributed by atoms with E-state index in [1.54, 1.807) is 0 Å². The highest BCUT2D eigenvalue weighted by atomic mass is 19.4. The average molecular weight is 217 g/mol. The number of rotatable bonds is 3. The van der Waals surface area contributed by atoms with Crippen LogP contribution in [0, 0.1) is 0 Å². The summed E-state index contributed by atoms with van der Waals surface area (Å²) < 4.78 is 36.5. The minimum absolute atomic E-state index is 0.450. The zero-order chi connectivity index (χ0) is 11.3. The third-order valence-electron chi connectivity index (χ3n) is 1.79. The van der Waals surface area contributed by atoms with Crippen LogP contribution in [0.1, 0.15) is 11.1 Å². The molecule has 0 saturated heterocycles. The highest BCUT2D eigenvalue weighted by Gasteiger charge is 2.29. The summed E-state index contributed by atoms with van der Waals surface area (Å²) in [6.45, 7) is 0. The Morgan fingerprint density at radius 1 is 1.27 bits per heavy atom. The number of oxime groups is 1. The van der Waals surface area contributed by atoms with Gasteiger partial charge < -0.3 is 4.84 Å². The lowest BCUT2D eigenvalue weighted by Crippen LogP contribution is -2.04. The first-order valence-electron chi connectivity index (χ1n) is 4.25. The first-order chi connectivity index (χ1) is 7.04. The Labute approximate surface area is 85.4 Å². The summed E-state index contributed by atoms with van der Waals surface area (Å²) in [5.41, 5.74) is 0.110. The third-order valence-corrected chi connectivity index (χ3v) is 1.79. The fourth-order valence-electron chi connectivity index (χ4n) is 1.05. The fraction of sp³-hybridized carbons (Fsp3) is 0.300. The van der Waals surface area contributed by atoms with Crippen molar-refractivity contribution >= 4 is 6.21 Å². The second-order valence-electron chi connectivity index (χ2n) is 2.87. The Hall–Kier alpha value is -1.52. The van der Waals surface area contributed by atoms with E-state index in [4.69, 9.17) is 0 Å². The molecule has 0 saturated carbocycles. The Balaban J connectivity index is 2.69. The fourth-order valence-corrected chi connectivity index (χ4v) is 1.05. The van der Waals surface area contributed by atoms with Gasteiger partial charge in [-0.2, -0.15) is 13.2 Å². The van der Waals surface area contributed by atoms with E-state index >= 15 is 0 Å². The van der Waals surface area contributed by atoms with Gasteiger partial charge in [0, 0.05) is 12.6 Å². The molecule has 1 aromatic carbocycles. The summed E-state index contributed by atoms with van der Waals surface area (Å²) in [5.74, 6) is 0. The van der Waals surface area contributed by atoms with Gasteiger partial charge in [0.05, 0.1) is 5.56 Å². The lowest BCUT2D eigenvalue weighted by atomic mass is 10.1. The van der Waals surface area contributed by atoms with E-state index in [1.165, 1.54) is 25.5 Å². The smallest absolute Gasteiger partial charge is 0.399 e. The van der Waals surface area contributed by atoms with Gasteiger partial charge in [0.25, 0.3) is 0 Å². The topological polar surface area (TPSA) is 21.6 Å². The van der Waals surface area contributed by atoms with Crippen molar-refractivity contribution in [3.63, 3.8) is 0 Å². The van der Waals surface area contributed by atoms with Crippen molar-refractivity contribution in [2.45, 2.75) is 12.6 Å². The molecule has 0 atom stereocenters. The van der Waals surface area contributed by atoms with Gasteiger partial charge in [-0.25, -0.2) is 0 Å². The Morgan fingerprint density at radius 3 is 2.33 bits per heavy atom. The van der Waals surface area contributed by atoms with Crippen molar-refractivity contribution in [2.24, 2.45) is 5.16 Å². The number of nitrogens with zero attached hydrogens (tertiary/aromatic N) is 1. The van der Waals surface area contributed by atoms with Gasteiger partial charge in [0.1, 0.15) is 7.11 Å². The van der Waals surface area contributed by atoms with Gasteiger partial charge in [-0.15, -0.1) is 0 Å². The number of benzene rings is 1. The highest BCUT2D eigenvalue weighted by molar-refractivity contribution is 5.60. The van der Waals surface area contributed by atoms with E-state index in [-0.39, 0.29) is 0 Å². The second-order valence-corrected chi connectivity index (χ2v) is 2.87. The van der Waals surface area contributed by atoms with Crippen molar-refractivity contribution in [3.05, 3.63) is 35.4 Å². The summed E-state index contributed by atoms with van der Waals surface area (Å²) in [7, 11) is 1.41. The summed E-state index contributed by atoms with van der Waals surface area (Å²) in [6, 6.07) is 4.95. The number of alkyl halides is 3. The van der Waals surface area contributed by atoms with Gasteiger partial charge in [-0.05, 0) is 17.7 Å². The molecule has 2 nitrogen and oxygen atoms in total. The number of hydrogen-bond donors (Lipinski definition) is 0. The molecule has 82 valence electrons. The molecule has 5 heteroatoms. The molecule has 15 heavy (non-hydrogen) atoms. The Morgan fingerprint density at radius 2 is 1.87 bits per heavy atom. The minimum atomic E-state index is -4.28. The standard InChI is InChI=1S/C10H10F3NO/c1-15-14-7-6-8-2-4-9(5-3-8)10(11,12)13/h2-5,7H,6H2,1H3. The zero-order valence-corrected chi connectivity index (χ0v) is 8.08.